The summed E-state index contributed by atoms with van der Waals surface area (Å²) in [6, 6.07) is 8.37. The number of carbonyl (C=O) groups is 1. The first-order chi connectivity index (χ1) is 19.2. The van der Waals surface area contributed by atoms with Crippen molar-refractivity contribution in [1.29, 1.82) is 0 Å². The third-order valence-corrected chi connectivity index (χ3v) is 10.7. The molecular weight excluding hydrogens is 560 g/mol. The summed E-state index contributed by atoms with van der Waals surface area (Å²) in [6.45, 7) is 3.32. The Bertz CT molecular complexity index is 1280. The minimum absolute atomic E-state index is 0.0301. The van der Waals surface area contributed by atoms with Crippen molar-refractivity contribution in [1.82, 2.24) is 14.1 Å². The van der Waals surface area contributed by atoms with Crippen LogP contribution >= 0.6 is 11.6 Å². The molecule has 3 heterocycles. The summed E-state index contributed by atoms with van der Waals surface area (Å²) in [7, 11) is -4.09. The van der Waals surface area contributed by atoms with Gasteiger partial charge in [0.05, 0.1) is 17.0 Å². The number of benzene rings is 2. The van der Waals surface area contributed by atoms with Gasteiger partial charge in [-0.05, 0) is 100.0 Å². The highest BCUT2D eigenvalue weighted by molar-refractivity contribution is 7.89. The molecule has 3 saturated heterocycles. The van der Waals surface area contributed by atoms with Gasteiger partial charge in [-0.15, -0.1) is 0 Å². The van der Waals surface area contributed by atoms with Crippen LogP contribution in [0.25, 0.3) is 0 Å². The SMILES string of the molecule is O=C(OCC1CCCC(c2ccc(F)c(F)c2)N1S(=O)(=O)c1ccc(Cl)cc1)N1CCC(N2CCCCC2)CC1. The molecule has 0 radical (unpaired) electrons. The first kappa shape index (κ1) is 29.2. The fourth-order valence-corrected chi connectivity index (χ4v) is 8.26. The van der Waals surface area contributed by atoms with E-state index >= 15 is 0 Å². The molecule has 0 aliphatic carbocycles. The van der Waals surface area contributed by atoms with Crippen LogP contribution in [-0.2, 0) is 14.8 Å². The van der Waals surface area contributed by atoms with Crippen LogP contribution in [0.1, 0.15) is 63.0 Å². The van der Waals surface area contributed by atoms with Crippen molar-refractivity contribution in [3.63, 3.8) is 0 Å². The van der Waals surface area contributed by atoms with Gasteiger partial charge in [0.1, 0.15) is 6.61 Å². The first-order valence-electron chi connectivity index (χ1n) is 14.1. The van der Waals surface area contributed by atoms with Crippen LogP contribution < -0.4 is 0 Å². The van der Waals surface area contributed by atoms with Gasteiger partial charge in [-0.3, -0.25) is 0 Å². The van der Waals surface area contributed by atoms with Crippen LogP contribution in [-0.4, -0.2) is 73.5 Å². The molecular formula is C29H36ClF2N3O4S. The molecule has 0 N–H and O–H groups in total. The number of rotatable bonds is 6. The van der Waals surface area contributed by atoms with Gasteiger partial charge >= 0.3 is 6.09 Å². The predicted octanol–water partition coefficient (Wildman–Crippen LogP) is 5.99. The molecule has 3 fully saturated rings. The van der Waals surface area contributed by atoms with E-state index in [0.717, 1.165) is 38.1 Å². The lowest BCUT2D eigenvalue weighted by atomic mass is 9.93. The monoisotopic (exact) mass is 595 g/mol. The summed E-state index contributed by atoms with van der Waals surface area (Å²) in [5.41, 5.74) is 0.354. The zero-order chi connectivity index (χ0) is 28.3. The van der Waals surface area contributed by atoms with Crippen LogP contribution in [0.5, 0.6) is 0 Å². The molecule has 2 aromatic carbocycles. The van der Waals surface area contributed by atoms with Gasteiger partial charge in [0.2, 0.25) is 10.0 Å². The Morgan fingerprint density at radius 3 is 2.25 bits per heavy atom. The van der Waals surface area contributed by atoms with Crippen molar-refractivity contribution >= 4 is 27.7 Å². The van der Waals surface area contributed by atoms with Gasteiger partial charge in [-0.1, -0.05) is 24.1 Å². The van der Waals surface area contributed by atoms with Crippen LogP contribution in [0.15, 0.2) is 47.4 Å². The fraction of sp³-hybridized carbons (Fsp3) is 0.552. The summed E-state index contributed by atoms with van der Waals surface area (Å²) >= 11 is 5.99. The second-order valence-corrected chi connectivity index (χ2v) is 13.2. The highest BCUT2D eigenvalue weighted by Gasteiger charge is 2.42. The van der Waals surface area contributed by atoms with Crippen molar-refractivity contribution in [3.05, 3.63) is 64.7 Å². The Kier molecular flexibility index (Phi) is 9.29. The Morgan fingerprint density at radius 2 is 1.57 bits per heavy atom. The van der Waals surface area contributed by atoms with E-state index in [1.54, 1.807) is 4.90 Å². The molecule has 1 amide bonds. The van der Waals surface area contributed by atoms with Crippen molar-refractivity contribution in [3.8, 4) is 0 Å². The van der Waals surface area contributed by atoms with E-state index in [0.29, 0.717) is 49.0 Å². The normalized spacial score (nSPS) is 23.7. The molecule has 0 spiro atoms. The second kappa shape index (κ2) is 12.7. The van der Waals surface area contributed by atoms with Gasteiger partial charge in [0, 0.05) is 24.2 Å². The van der Waals surface area contributed by atoms with E-state index in [1.807, 2.05) is 0 Å². The molecule has 0 aromatic heterocycles. The van der Waals surface area contributed by atoms with Crippen LogP contribution in [0.2, 0.25) is 5.02 Å². The summed E-state index contributed by atoms with van der Waals surface area (Å²) < 4.78 is 62.8. The third kappa shape index (κ3) is 6.45. The molecule has 3 aliphatic rings. The molecule has 218 valence electrons. The van der Waals surface area contributed by atoms with E-state index in [1.165, 1.54) is 53.9 Å². The van der Waals surface area contributed by atoms with Gasteiger partial charge in [0.15, 0.2) is 11.6 Å². The quantitative estimate of drug-likeness (QED) is 0.410. The van der Waals surface area contributed by atoms with Crippen LogP contribution in [0.3, 0.4) is 0 Å². The van der Waals surface area contributed by atoms with Crippen molar-refractivity contribution in [2.45, 2.75) is 74.4 Å². The molecule has 2 atom stereocenters. The molecule has 11 heteroatoms. The number of piperidine rings is 3. The predicted molar refractivity (Wildman–Crippen MR) is 149 cm³/mol. The molecule has 2 unspecified atom stereocenters. The van der Waals surface area contributed by atoms with E-state index in [2.05, 4.69) is 4.90 Å². The van der Waals surface area contributed by atoms with Crippen LogP contribution in [0, 0.1) is 11.6 Å². The average molecular weight is 596 g/mol. The fourth-order valence-electron chi connectivity index (χ4n) is 6.29. The Hall–Kier alpha value is -2.27. The second-order valence-electron chi connectivity index (χ2n) is 11.0. The molecule has 0 bridgehead atoms. The molecule has 40 heavy (non-hydrogen) atoms. The zero-order valence-corrected chi connectivity index (χ0v) is 24.1. The lowest BCUT2D eigenvalue weighted by Crippen LogP contribution is -2.50. The van der Waals surface area contributed by atoms with E-state index in [9.17, 15) is 22.0 Å². The zero-order valence-electron chi connectivity index (χ0n) is 22.5. The van der Waals surface area contributed by atoms with Gasteiger partial charge in [0.25, 0.3) is 0 Å². The molecule has 7 nitrogen and oxygen atoms in total. The highest BCUT2D eigenvalue weighted by atomic mass is 35.5. The average Bonchev–Trinajstić information content (AvgIpc) is 2.98. The number of amides is 1. The first-order valence-corrected chi connectivity index (χ1v) is 16.0. The lowest BCUT2D eigenvalue weighted by Gasteiger charge is -2.42. The Morgan fingerprint density at radius 1 is 0.875 bits per heavy atom. The van der Waals surface area contributed by atoms with Gasteiger partial charge in [-0.25, -0.2) is 22.0 Å². The smallest absolute Gasteiger partial charge is 0.409 e. The lowest BCUT2D eigenvalue weighted by molar-refractivity contribution is 0.0449. The van der Waals surface area contributed by atoms with Crippen molar-refractivity contribution in [2.75, 3.05) is 32.8 Å². The number of hydrogen-bond donors (Lipinski definition) is 0. The maximum Gasteiger partial charge on any atom is 0.409 e. The largest absolute Gasteiger partial charge is 0.448 e. The maximum absolute atomic E-state index is 14.2. The minimum Gasteiger partial charge on any atom is -0.448 e. The summed E-state index contributed by atoms with van der Waals surface area (Å²) in [5.74, 6) is -2.04. The number of nitrogens with zero attached hydrogens (tertiary/aromatic N) is 3. The van der Waals surface area contributed by atoms with E-state index < -0.39 is 39.8 Å². The summed E-state index contributed by atoms with van der Waals surface area (Å²) in [6.07, 6.45) is 6.61. The number of carbonyl (C=O) groups excluding carboxylic acids is 1. The topological polar surface area (TPSA) is 70.2 Å². The summed E-state index contributed by atoms with van der Waals surface area (Å²) in [4.78, 5) is 17.3. The number of ether oxygens (including phenoxy) is 1. The number of likely N-dealkylation sites (tertiary alicyclic amines) is 2. The number of halogens is 3. The van der Waals surface area contributed by atoms with E-state index in [-0.39, 0.29) is 11.5 Å². The number of sulfonamides is 1. The van der Waals surface area contributed by atoms with Crippen molar-refractivity contribution < 1.29 is 26.7 Å². The molecule has 5 rings (SSSR count). The van der Waals surface area contributed by atoms with E-state index in [4.69, 9.17) is 16.3 Å². The standard InChI is InChI=1S/C29H36ClF2N3O4S/c30-22-8-10-25(11-9-22)40(37,38)35-24(5-4-6-28(35)21-7-12-26(31)27(32)19-21)20-39-29(36)34-17-13-23(14-18-34)33-15-2-1-3-16-33/h7-12,19,23-24,28H,1-6,13-18,20H2. The molecule has 2 aromatic rings. The molecule has 3 aliphatic heterocycles. The Labute approximate surface area is 240 Å². The van der Waals surface area contributed by atoms with Gasteiger partial charge in [-0.2, -0.15) is 4.31 Å². The molecule has 0 saturated carbocycles. The van der Waals surface area contributed by atoms with Gasteiger partial charge < -0.3 is 14.5 Å². The van der Waals surface area contributed by atoms with Crippen molar-refractivity contribution in [2.24, 2.45) is 0 Å². The highest BCUT2D eigenvalue weighted by Crippen LogP contribution is 2.39. The summed E-state index contributed by atoms with van der Waals surface area (Å²) in [5, 5.41) is 0.393. The van der Waals surface area contributed by atoms with Crippen LogP contribution in [0.4, 0.5) is 13.6 Å². The minimum atomic E-state index is -4.09. The Balaban J connectivity index is 1.31. The maximum atomic E-state index is 14.2. The third-order valence-electron chi connectivity index (χ3n) is 8.43. The number of hydrogen-bond acceptors (Lipinski definition) is 5.